The standard InChI is InChI=1S/C18H20O3/c1-12-5-6-13(2)14(7-12)10-18(19)15-8-16(20-3)11-17(9-15)21-4/h5-9,11H,10H2,1-4H3. The van der Waals surface area contributed by atoms with Gasteiger partial charge in [0.15, 0.2) is 5.78 Å². The van der Waals surface area contributed by atoms with Crippen LogP contribution in [0.15, 0.2) is 36.4 Å². The van der Waals surface area contributed by atoms with Crippen LogP contribution in [0.3, 0.4) is 0 Å². The zero-order valence-corrected chi connectivity index (χ0v) is 12.9. The zero-order valence-electron chi connectivity index (χ0n) is 12.9. The molecule has 0 aliphatic carbocycles. The summed E-state index contributed by atoms with van der Waals surface area (Å²) in [6, 6.07) is 11.4. The van der Waals surface area contributed by atoms with Crippen molar-refractivity contribution in [1.82, 2.24) is 0 Å². The molecule has 2 rings (SSSR count). The lowest BCUT2D eigenvalue weighted by molar-refractivity contribution is 0.0992. The van der Waals surface area contributed by atoms with E-state index < -0.39 is 0 Å². The summed E-state index contributed by atoms with van der Waals surface area (Å²) in [4.78, 5) is 12.5. The van der Waals surface area contributed by atoms with E-state index in [1.807, 2.05) is 19.9 Å². The Morgan fingerprint density at radius 2 is 1.57 bits per heavy atom. The Morgan fingerprint density at radius 3 is 2.14 bits per heavy atom. The van der Waals surface area contributed by atoms with Gasteiger partial charge in [-0.05, 0) is 37.1 Å². The molecule has 3 nitrogen and oxygen atoms in total. The predicted octanol–water partition coefficient (Wildman–Crippen LogP) is 3.75. The molecule has 0 radical (unpaired) electrons. The summed E-state index contributed by atoms with van der Waals surface area (Å²) < 4.78 is 10.4. The molecule has 0 unspecified atom stereocenters. The maximum atomic E-state index is 12.5. The number of aryl methyl sites for hydroxylation is 2. The Bertz CT molecular complexity index is 637. The minimum Gasteiger partial charge on any atom is -0.497 e. The lowest BCUT2D eigenvalue weighted by atomic mass is 9.97. The van der Waals surface area contributed by atoms with Gasteiger partial charge in [0.1, 0.15) is 11.5 Å². The molecule has 2 aromatic carbocycles. The topological polar surface area (TPSA) is 35.5 Å². The largest absolute Gasteiger partial charge is 0.497 e. The molecule has 0 bridgehead atoms. The van der Waals surface area contributed by atoms with Crippen LogP contribution >= 0.6 is 0 Å². The number of benzene rings is 2. The number of carbonyl (C=O) groups is 1. The van der Waals surface area contributed by atoms with Gasteiger partial charge in [0.05, 0.1) is 14.2 Å². The van der Waals surface area contributed by atoms with Crippen LogP contribution in [-0.4, -0.2) is 20.0 Å². The van der Waals surface area contributed by atoms with Crippen LogP contribution in [0.25, 0.3) is 0 Å². The molecule has 0 aromatic heterocycles. The number of rotatable bonds is 5. The summed E-state index contributed by atoms with van der Waals surface area (Å²) in [6.45, 7) is 4.05. The maximum Gasteiger partial charge on any atom is 0.167 e. The van der Waals surface area contributed by atoms with Crippen molar-refractivity contribution in [2.24, 2.45) is 0 Å². The monoisotopic (exact) mass is 284 g/mol. The first-order valence-electron chi connectivity index (χ1n) is 6.86. The molecule has 0 atom stereocenters. The molecule has 21 heavy (non-hydrogen) atoms. The second-order valence-electron chi connectivity index (χ2n) is 5.13. The maximum absolute atomic E-state index is 12.5. The summed E-state index contributed by atoms with van der Waals surface area (Å²) >= 11 is 0. The Balaban J connectivity index is 2.29. The fourth-order valence-electron chi connectivity index (χ4n) is 2.23. The number of Topliss-reactive ketones (excluding diaryl/α,β-unsaturated/α-hetero) is 1. The van der Waals surface area contributed by atoms with Crippen molar-refractivity contribution in [3.8, 4) is 11.5 Å². The van der Waals surface area contributed by atoms with E-state index in [4.69, 9.17) is 9.47 Å². The van der Waals surface area contributed by atoms with Crippen molar-refractivity contribution >= 4 is 5.78 Å². The van der Waals surface area contributed by atoms with Gasteiger partial charge in [0.25, 0.3) is 0 Å². The van der Waals surface area contributed by atoms with Crippen molar-refractivity contribution in [2.45, 2.75) is 20.3 Å². The van der Waals surface area contributed by atoms with Crippen molar-refractivity contribution < 1.29 is 14.3 Å². The van der Waals surface area contributed by atoms with Crippen molar-refractivity contribution in [3.05, 3.63) is 58.7 Å². The van der Waals surface area contributed by atoms with E-state index >= 15 is 0 Å². The quantitative estimate of drug-likeness (QED) is 0.784. The van der Waals surface area contributed by atoms with Gasteiger partial charge < -0.3 is 9.47 Å². The van der Waals surface area contributed by atoms with Gasteiger partial charge in [0.2, 0.25) is 0 Å². The van der Waals surface area contributed by atoms with Gasteiger partial charge in [-0.15, -0.1) is 0 Å². The Labute approximate surface area is 125 Å². The van der Waals surface area contributed by atoms with Gasteiger partial charge in [-0.1, -0.05) is 23.8 Å². The Hall–Kier alpha value is -2.29. The first-order chi connectivity index (χ1) is 10.0. The highest BCUT2D eigenvalue weighted by atomic mass is 16.5. The number of ether oxygens (including phenoxy) is 2. The van der Waals surface area contributed by atoms with Gasteiger partial charge in [-0.25, -0.2) is 0 Å². The molecule has 0 aliphatic rings. The van der Waals surface area contributed by atoms with Crippen molar-refractivity contribution in [3.63, 3.8) is 0 Å². The number of ketones is 1. The highest BCUT2D eigenvalue weighted by Crippen LogP contribution is 2.24. The molecule has 0 aliphatic heterocycles. The zero-order chi connectivity index (χ0) is 15.4. The molecule has 2 aromatic rings. The lowest BCUT2D eigenvalue weighted by Gasteiger charge is -2.09. The average Bonchev–Trinajstić information content (AvgIpc) is 2.50. The van der Waals surface area contributed by atoms with Crippen LogP contribution in [0, 0.1) is 13.8 Å². The fourth-order valence-corrected chi connectivity index (χ4v) is 2.23. The van der Waals surface area contributed by atoms with Crippen molar-refractivity contribution in [1.29, 1.82) is 0 Å². The summed E-state index contributed by atoms with van der Waals surface area (Å²) in [5.74, 6) is 1.30. The molecular weight excluding hydrogens is 264 g/mol. The molecular formula is C18H20O3. The summed E-state index contributed by atoms with van der Waals surface area (Å²) in [5.41, 5.74) is 3.95. The summed E-state index contributed by atoms with van der Waals surface area (Å²) in [6.07, 6.45) is 0.379. The van der Waals surface area contributed by atoms with E-state index in [2.05, 4.69) is 12.1 Å². The van der Waals surface area contributed by atoms with Crippen LogP contribution < -0.4 is 9.47 Å². The van der Waals surface area contributed by atoms with Gasteiger partial charge in [0, 0.05) is 18.1 Å². The molecule has 0 amide bonds. The summed E-state index contributed by atoms with van der Waals surface area (Å²) in [7, 11) is 3.15. The second-order valence-corrected chi connectivity index (χ2v) is 5.13. The van der Waals surface area contributed by atoms with E-state index in [1.165, 1.54) is 0 Å². The third kappa shape index (κ3) is 3.63. The first-order valence-corrected chi connectivity index (χ1v) is 6.86. The number of hydrogen-bond acceptors (Lipinski definition) is 3. The van der Waals surface area contributed by atoms with E-state index in [-0.39, 0.29) is 5.78 Å². The van der Waals surface area contributed by atoms with Crippen molar-refractivity contribution in [2.75, 3.05) is 14.2 Å². The molecule has 0 N–H and O–H groups in total. The van der Waals surface area contributed by atoms with E-state index in [9.17, 15) is 4.79 Å². The SMILES string of the molecule is COc1cc(OC)cc(C(=O)Cc2cc(C)ccc2C)c1. The van der Waals surface area contributed by atoms with Crippen LogP contribution in [0.2, 0.25) is 0 Å². The first kappa shape index (κ1) is 15.1. The molecule has 0 fully saturated rings. The lowest BCUT2D eigenvalue weighted by Crippen LogP contribution is -2.06. The third-order valence-corrected chi connectivity index (χ3v) is 3.53. The van der Waals surface area contributed by atoms with E-state index in [0.717, 1.165) is 16.7 Å². The number of methoxy groups -OCH3 is 2. The average molecular weight is 284 g/mol. The van der Waals surface area contributed by atoms with Crippen LogP contribution in [-0.2, 0) is 6.42 Å². The van der Waals surface area contributed by atoms with E-state index in [1.54, 1.807) is 32.4 Å². The van der Waals surface area contributed by atoms with Crippen LogP contribution in [0.5, 0.6) is 11.5 Å². The number of hydrogen-bond donors (Lipinski definition) is 0. The summed E-state index contributed by atoms with van der Waals surface area (Å²) in [5, 5.41) is 0. The fraction of sp³-hybridized carbons (Fsp3) is 0.278. The minimum atomic E-state index is 0.0564. The van der Waals surface area contributed by atoms with Crippen LogP contribution in [0.1, 0.15) is 27.0 Å². The van der Waals surface area contributed by atoms with Gasteiger partial charge in [-0.3, -0.25) is 4.79 Å². The highest BCUT2D eigenvalue weighted by molar-refractivity contribution is 5.98. The Kier molecular flexibility index (Phi) is 4.63. The van der Waals surface area contributed by atoms with Gasteiger partial charge in [-0.2, -0.15) is 0 Å². The van der Waals surface area contributed by atoms with Crippen LogP contribution in [0.4, 0.5) is 0 Å². The Morgan fingerprint density at radius 1 is 0.952 bits per heavy atom. The minimum absolute atomic E-state index is 0.0564. The molecule has 110 valence electrons. The second kappa shape index (κ2) is 6.44. The molecule has 0 heterocycles. The number of carbonyl (C=O) groups excluding carboxylic acids is 1. The van der Waals surface area contributed by atoms with E-state index in [0.29, 0.717) is 23.5 Å². The van der Waals surface area contributed by atoms with Gasteiger partial charge >= 0.3 is 0 Å². The smallest absolute Gasteiger partial charge is 0.167 e. The molecule has 0 saturated carbocycles. The molecule has 3 heteroatoms. The highest BCUT2D eigenvalue weighted by Gasteiger charge is 2.12. The normalized spacial score (nSPS) is 10.3. The third-order valence-electron chi connectivity index (χ3n) is 3.53. The molecule has 0 saturated heterocycles. The molecule has 0 spiro atoms. The predicted molar refractivity (Wildman–Crippen MR) is 83.5 cm³/mol.